The van der Waals surface area contributed by atoms with Gasteiger partial charge in [0.05, 0.1) is 0 Å². The number of nitrogens with zero attached hydrogens (tertiary/aromatic N) is 2. The van der Waals surface area contributed by atoms with Gasteiger partial charge in [0, 0.05) is 21.4 Å². The highest BCUT2D eigenvalue weighted by Crippen LogP contribution is 2.30. The number of carbonyl (C=O) groups is 2. The van der Waals surface area contributed by atoms with E-state index in [4.69, 9.17) is 23.2 Å². The van der Waals surface area contributed by atoms with Gasteiger partial charge >= 0.3 is 0 Å². The number of rotatable bonds is 2. The average Bonchev–Trinajstić information content (AvgIpc) is 2.57. The lowest BCUT2D eigenvalue weighted by atomic mass is 10.0. The van der Waals surface area contributed by atoms with Crippen LogP contribution >= 0.6 is 23.2 Å². The highest BCUT2D eigenvalue weighted by atomic mass is 35.5. The zero-order valence-corrected chi connectivity index (χ0v) is 14.8. The lowest BCUT2D eigenvalue weighted by Gasteiger charge is -2.42. The minimum atomic E-state index is -0.606. The fraction of sp³-hybridized carbons (Fsp3) is 0.222. The number of anilines is 2. The molecular weight excluding hydrogens is 347 g/mol. The van der Waals surface area contributed by atoms with E-state index in [0.29, 0.717) is 21.4 Å². The summed E-state index contributed by atoms with van der Waals surface area (Å²) in [7, 11) is 0. The second-order valence-electron chi connectivity index (χ2n) is 5.72. The van der Waals surface area contributed by atoms with Crippen molar-refractivity contribution in [3.05, 3.63) is 58.6 Å². The van der Waals surface area contributed by atoms with Crippen molar-refractivity contribution >= 4 is 46.4 Å². The number of hydrogen-bond donors (Lipinski definition) is 0. The first-order chi connectivity index (χ1) is 11.4. The van der Waals surface area contributed by atoms with Gasteiger partial charge in [-0.25, -0.2) is 0 Å². The van der Waals surface area contributed by atoms with Gasteiger partial charge in [0.25, 0.3) is 11.8 Å². The van der Waals surface area contributed by atoms with Crippen LogP contribution in [0.3, 0.4) is 0 Å². The number of hydrogen-bond acceptors (Lipinski definition) is 2. The Morgan fingerprint density at radius 1 is 0.667 bits per heavy atom. The number of piperazine rings is 1. The summed E-state index contributed by atoms with van der Waals surface area (Å²) >= 11 is 11.8. The molecule has 0 unspecified atom stereocenters. The summed E-state index contributed by atoms with van der Waals surface area (Å²) in [5.74, 6) is -0.279. The van der Waals surface area contributed by atoms with E-state index < -0.39 is 12.1 Å². The molecule has 6 heteroatoms. The minimum absolute atomic E-state index is 0.139. The van der Waals surface area contributed by atoms with Crippen molar-refractivity contribution in [3.8, 4) is 0 Å². The van der Waals surface area contributed by atoms with Gasteiger partial charge in [-0.05, 0) is 62.4 Å². The Morgan fingerprint density at radius 3 is 1.25 bits per heavy atom. The molecule has 4 nitrogen and oxygen atoms in total. The molecule has 1 aliphatic rings. The smallest absolute Gasteiger partial charge is 0.250 e. The molecule has 3 rings (SSSR count). The quantitative estimate of drug-likeness (QED) is 0.804. The molecule has 0 spiro atoms. The van der Waals surface area contributed by atoms with E-state index in [2.05, 4.69) is 0 Å². The van der Waals surface area contributed by atoms with Crippen molar-refractivity contribution in [3.63, 3.8) is 0 Å². The van der Waals surface area contributed by atoms with E-state index >= 15 is 0 Å². The van der Waals surface area contributed by atoms with Crippen LogP contribution in [0.2, 0.25) is 10.0 Å². The molecular formula is C18H16Cl2N2O2. The van der Waals surface area contributed by atoms with Gasteiger partial charge in [0.1, 0.15) is 12.1 Å². The van der Waals surface area contributed by atoms with Crippen LogP contribution < -0.4 is 9.80 Å². The topological polar surface area (TPSA) is 40.6 Å². The number of halogens is 2. The SMILES string of the molecule is C[C@@H]1C(=O)N(c2ccc(Cl)cc2)[C@H](C)C(=O)N1c1ccc(Cl)cc1. The van der Waals surface area contributed by atoms with Gasteiger partial charge in [-0.15, -0.1) is 0 Å². The van der Waals surface area contributed by atoms with Gasteiger partial charge in [0.2, 0.25) is 0 Å². The monoisotopic (exact) mass is 362 g/mol. The second kappa shape index (κ2) is 6.46. The van der Waals surface area contributed by atoms with Gasteiger partial charge in [-0.1, -0.05) is 23.2 Å². The number of amides is 2. The summed E-state index contributed by atoms with van der Waals surface area (Å²) in [6, 6.07) is 12.6. The van der Waals surface area contributed by atoms with E-state index in [-0.39, 0.29) is 11.8 Å². The van der Waals surface area contributed by atoms with Crippen LogP contribution in [-0.4, -0.2) is 23.9 Å². The molecule has 2 aromatic carbocycles. The van der Waals surface area contributed by atoms with Crippen molar-refractivity contribution < 1.29 is 9.59 Å². The first kappa shape index (κ1) is 16.8. The maximum atomic E-state index is 12.9. The fourth-order valence-electron chi connectivity index (χ4n) is 2.91. The Kier molecular flexibility index (Phi) is 4.52. The molecule has 1 aliphatic heterocycles. The van der Waals surface area contributed by atoms with E-state index in [9.17, 15) is 9.59 Å². The van der Waals surface area contributed by atoms with Crippen molar-refractivity contribution in [1.82, 2.24) is 0 Å². The molecule has 24 heavy (non-hydrogen) atoms. The molecule has 0 saturated carbocycles. The molecule has 0 bridgehead atoms. The minimum Gasteiger partial charge on any atom is -0.298 e. The van der Waals surface area contributed by atoms with E-state index in [1.54, 1.807) is 62.4 Å². The van der Waals surface area contributed by atoms with Crippen LogP contribution in [0.1, 0.15) is 13.8 Å². The van der Waals surface area contributed by atoms with Crippen LogP contribution in [-0.2, 0) is 9.59 Å². The van der Waals surface area contributed by atoms with Gasteiger partial charge in [-0.3, -0.25) is 19.4 Å². The third kappa shape index (κ3) is 2.87. The van der Waals surface area contributed by atoms with Gasteiger partial charge in [-0.2, -0.15) is 0 Å². The first-order valence-electron chi connectivity index (χ1n) is 7.57. The molecule has 0 aliphatic carbocycles. The molecule has 1 saturated heterocycles. The highest BCUT2D eigenvalue weighted by molar-refractivity contribution is 6.31. The predicted molar refractivity (Wildman–Crippen MR) is 96.8 cm³/mol. The summed E-state index contributed by atoms with van der Waals surface area (Å²) in [5, 5.41) is 1.16. The Labute approximate surface area is 150 Å². The summed E-state index contributed by atoms with van der Waals surface area (Å²) in [4.78, 5) is 28.8. The first-order valence-corrected chi connectivity index (χ1v) is 8.33. The maximum absolute atomic E-state index is 12.9. The molecule has 124 valence electrons. The fourth-order valence-corrected chi connectivity index (χ4v) is 3.16. The highest BCUT2D eigenvalue weighted by Gasteiger charge is 2.43. The molecule has 2 atom stereocenters. The summed E-state index contributed by atoms with van der Waals surface area (Å²) in [6.07, 6.45) is 0. The van der Waals surface area contributed by atoms with Crippen LogP contribution in [0, 0.1) is 0 Å². The molecule has 1 heterocycles. The summed E-state index contributed by atoms with van der Waals surface area (Å²) in [6.45, 7) is 3.45. The van der Waals surface area contributed by atoms with Crippen molar-refractivity contribution in [2.75, 3.05) is 9.80 Å². The number of benzene rings is 2. The van der Waals surface area contributed by atoms with E-state index in [1.807, 2.05) is 0 Å². The Balaban J connectivity index is 1.97. The largest absolute Gasteiger partial charge is 0.298 e. The zero-order valence-electron chi connectivity index (χ0n) is 13.2. The zero-order chi connectivity index (χ0) is 17.4. The Hall–Kier alpha value is -2.04. The predicted octanol–water partition coefficient (Wildman–Crippen LogP) is 4.15. The van der Waals surface area contributed by atoms with Crippen LogP contribution in [0.5, 0.6) is 0 Å². The van der Waals surface area contributed by atoms with Crippen LogP contribution in [0.25, 0.3) is 0 Å². The van der Waals surface area contributed by atoms with Gasteiger partial charge < -0.3 is 0 Å². The lowest BCUT2D eigenvalue weighted by Crippen LogP contribution is -2.63. The van der Waals surface area contributed by atoms with Crippen LogP contribution in [0.4, 0.5) is 11.4 Å². The van der Waals surface area contributed by atoms with Crippen molar-refractivity contribution in [1.29, 1.82) is 0 Å². The molecule has 0 radical (unpaired) electrons. The summed E-state index contributed by atoms with van der Waals surface area (Å²) < 4.78 is 0. The maximum Gasteiger partial charge on any atom is 0.250 e. The molecule has 2 amide bonds. The normalized spacial score (nSPS) is 21.3. The Bertz CT molecular complexity index is 707. The van der Waals surface area contributed by atoms with E-state index in [0.717, 1.165) is 0 Å². The molecule has 0 N–H and O–H groups in total. The van der Waals surface area contributed by atoms with E-state index in [1.165, 1.54) is 9.80 Å². The molecule has 0 aromatic heterocycles. The van der Waals surface area contributed by atoms with Crippen molar-refractivity contribution in [2.24, 2.45) is 0 Å². The third-order valence-corrected chi connectivity index (χ3v) is 4.68. The molecule has 1 fully saturated rings. The summed E-state index contributed by atoms with van der Waals surface area (Å²) in [5.41, 5.74) is 1.32. The standard InChI is InChI=1S/C18H16Cl2N2O2/c1-11-17(23)22(16-9-5-14(20)6-10-16)12(2)18(24)21(11)15-7-3-13(19)4-8-15/h3-12H,1-2H3/t11-,12-/m1/s1. The molecule has 2 aromatic rings. The van der Waals surface area contributed by atoms with Gasteiger partial charge in [0.15, 0.2) is 0 Å². The lowest BCUT2D eigenvalue weighted by molar-refractivity contribution is -0.130. The number of carbonyl (C=O) groups excluding carboxylic acids is 2. The van der Waals surface area contributed by atoms with Crippen molar-refractivity contribution in [2.45, 2.75) is 25.9 Å². The Morgan fingerprint density at radius 2 is 0.958 bits per heavy atom. The second-order valence-corrected chi connectivity index (χ2v) is 6.59. The third-order valence-electron chi connectivity index (χ3n) is 4.17. The average molecular weight is 363 g/mol. The van der Waals surface area contributed by atoms with Crippen LogP contribution in [0.15, 0.2) is 48.5 Å².